The number of hydrogen-bond acceptors (Lipinski definition) is 4. The van der Waals surface area contributed by atoms with Crippen LogP contribution >= 0.6 is 0 Å². The predicted molar refractivity (Wildman–Crippen MR) is 162 cm³/mol. The van der Waals surface area contributed by atoms with Crippen LogP contribution in [-0.2, 0) is 4.79 Å². The first kappa shape index (κ1) is 44.0. The van der Waals surface area contributed by atoms with E-state index >= 15 is 0 Å². The van der Waals surface area contributed by atoms with Gasteiger partial charge in [-0.05, 0) is 25.3 Å². The van der Waals surface area contributed by atoms with Crippen LogP contribution in [0.25, 0.3) is 0 Å². The number of hydrogen-bond donors (Lipinski definition) is 0. The van der Waals surface area contributed by atoms with Gasteiger partial charge in [-0.1, -0.05) is 174 Å². The van der Waals surface area contributed by atoms with Crippen LogP contribution in [0.4, 0.5) is 0 Å². The van der Waals surface area contributed by atoms with E-state index < -0.39 is 11.9 Å². The van der Waals surface area contributed by atoms with Gasteiger partial charge in [0.2, 0.25) is 0 Å². The molecule has 0 N–H and O–H groups in total. The van der Waals surface area contributed by atoms with Gasteiger partial charge >= 0.3 is 23.9 Å². The molecule has 218 valence electrons. The molecule has 0 aliphatic carbocycles. The Morgan fingerprint density at radius 2 is 0.921 bits per heavy atom. The molecule has 38 heavy (non-hydrogen) atoms. The summed E-state index contributed by atoms with van der Waals surface area (Å²) in [7, 11) is 0. The van der Waals surface area contributed by atoms with Gasteiger partial charge in [-0.25, -0.2) is 0 Å². The van der Waals surface area contributed by atoms with Gasteiger partial charge in [0.15, 0.2) is 0 Å². The molecule has 0 spiro atoms. The van der Waals surface area contributed by atoms with Gasteiger partial charge in [-0.3, -0.25) is 0 Å². The minimum absolute atomic E-state index is 0. The second-order valence-corrected chi connectivity index (χ2v) is 9.58. The van der Waals surface area contributed by atoms with Crippen molar-refractivity contribution >= 4 is 35.8 Å². The maximum atomic E-state index is 10.2. The van der Waals surface area contributed by atoms with E-state index in [-0.39, 0.29) is 35.9 Å². The molecule has 0 heterocycles. The SMILES string of the molecule is CCCCCCCCCCCCCCCCC(=O)[O-].Cc1ccc(C(=O)[O-])cc1.[CH2]CCC.[CH2]CCC.[Sn+2]. The Balaban J connectivity index is -0.000000252. The van der Waals surface area contributed by atoms with E-state index in [9.17, 15) is 19.8 Å². The Morgan fingerprint density at radius 1 is 0.605 bits per heavy atom. The van der Waals surface area contributed by atoms with Crippen LogP contribution < -0.4 is 10.2 Å². The number of aromatic carboxylic acids is 1. The summed E-state index contributed by atoms with van der Waals surface area (Å²) >= 11 is 0. The molecule has 4 radical (unpaired) electrons. The van der Waals surface area contributed by atoms with E-state index in [1.54, 1.807) is 12.1 Å². The second kappa shape index (κ2) is 38.1. The Labute approximate surface area is 253 Å². The van der Waals surface area contributed by atoms with Crippen molar-refractivity contribution in [2.75, 3.05) is 0 Å². The number of aryl methyl sites for hydroxylation is 1. The first-order valence-electron chi connectivity index (χ1n) is 14.9. The third kappa shape index (κ3) is 42.1. The van der Waals surface area contributed by atoms with E-state index in [4.69, 9.17) is 0 Å². The molecule has 0 aliphatic heterocycles. The van der Waals surface area contributed by atoms with E-state index in [2.05, 4.69) is 34.6 Å². The van der Waals surface area contributed by atoms with Crippen LogP contribution in [0.2, 0.25) is 0 Å². The molecule has 0 unspecified atom stereocenters. The number of aliphatic carboxylic acids is 1. The normalized spacial score (nSPS) is 9.42. The summed E-state index contributed by atoms with van der Waals surface area (Å²) in [6.45, 7) is 15.6. The number of carboxylic acid groups (broad SMARTS) is 2. The maximum absolute atomic E-state index is 10.2. The van der Waals surface area contributed by atoms with Crippen LogP contribution in [0.15, 0.2) is 24.3 Å². The first-order chi connectivity index (χ1) is 17.8. The Morgan fingerprint density at radius 3 is 1.18 bits per heavy atom. The van der Waals surface area contributed by atoms with Crippen molar-refractivity contribution in [1.82, 2.24) is 0 Å². The van der Waals surface area contributed by atoms with Gasteiger partial charge in [-0.15, -0.1) is 0 Å². The van der Waals surface area contributed by atoms with Crippen LogP contribution in [0, 0.1) is 20.8 Å². The number of unbranched alkanes of at least 4 members (excludes halogenated alkanes) is 15. The molecule has 0 amide bonds. The van der Waals surface area contributed by atoms with Crippen LogP contribution in [0.3, 0.4) is 0 Å². The van der Waals surface area contributed by atoms with Crippen molar-refractivity contribution in [2.45, 2.75) is 150 Å². The fourth-order valence-corrected chi connectivity index (χ4v) is 3.15. The minimum atomic E-state index is -1.12. The second-order valence-electron chi connectivity index (χ2n) is 9.58. The van der Waals surface area contributed by atoms with Gasteiger partial charge in [0.25, 0.3) is 0 Å². The van der Waals surface area contributed by atoms with E-state index in [0.717, 1.165) is 31.2 Å². The summed E-state index contributed by atoms with van der Waals surface area (Å²) in [4.78, 5) is 20.4. The third-order valence-corrected chi connectivity index (χ3v) is 5.73. The summed E-state index contributed by atoms with van der Waals surface area (Å²) in [5.74, 6) is -2.03. The molecule has 0 bridgehead atoms. The molecule has 0 atom stereocenters. The summed E-state index contributed by atoms with van der Waals surface area (Å²) in [5.41, 5.74) is 1.27. The summed E-state index contributed by atoms with van der Waals surface area (Å²) in [6, 6.07) is 6.55. The predicted octanol–water partition coefficient (Wildman–Crippen LogP) is 7.83. The molecule has 0 aliphatic rings. The number of carbonyl (C=O) groups is 2. The minimum Gasteiger partial charge on any atom is -0.550 e. The average Bonchev–Trinajstić information content (AvgIpc) is 2.89. The van der Waals surface area contributed by atoms with Gasteiger partial charge in [0.1, 0.15) is 0 Å². The van der Waals surface area contributed by atoms with E-state index in [0.29, 0.717) is 0 Å². The number of carbonyl (C=O) groups excluding carboxylic acids is 2. The summed E-state index contributed by atoms with van der Waals surface area (Å²) < 4.78 is 0. The van der Waals surface area contributed by atoms with Gasteiger partial charge in [0.05, 0.1) is 5.97 Å². The topological polar surface area (TPSA) is 80.3 Å². The zero-order chi connectivity index (χ0) is 28.6. The summed E-state index contributed by atoms with van der Waals surface area (Å²) in [6.07, 6.45) is 23.0. The third-order valence-electron chi connectivity index (χ3n) is 5.73. The zero-order valence-corrected chi connectivity index (χ0v) is 28.1. The molecular formula is C33H58O4Sn. The molecule has 1 rings (SSSR count). The van der Waals surface area contributed by atoms with Crippen LogP contribution in [-0.4, -0.2) is 35.8 Å². The number of carboxylic acids is 2. The molecule has 4 nitrogen and oxygen atoms in total. The fourth-order valence-electron chi connectivity index (χ4n) is 3.15. The smallest absolute Gasteiger partial charge is 0.550 e. The average molecular weight is 638 g/mol. The largest absolute Gasteiger partial charge is 2.00 e. The van der Waals surface area contributed by atoms with Gasteiger partial charge in [-0.2, -0.15) is 0 Å². The first-order valence-corrected chi connectivity index (χ1v) is 14.9. The van der Waals surface area contributed by atoms with Crippen LogP contribution in [0.5, 0.6) is 0 Å². The van der Waals surface area contributed by atoms with Crippen molar-refractivity contribution in [3.8, 4) is 0 Å². The van der Waals surface area contributed by atoms with Crippen molar-refractivity contribution in [3.63, 3.8) is 0 Å². The molecule has 0 saturated heterocycles. The Bertz CT molecular complexity index is 579. The quantitative estimate of drug-likeness (QED) is 0.121. The van der Waals surface area contributed by atoms with Crippen LogP contribution in [0.1, 0.15) is 159 Å². The molecule has 0 saturated carbocycles. The molecule has 1 aromatic rings. The monoisotopic (exact) mass is 638 g/mol. The van der Waals surface area contributed by atoms with Crippen molar-refractivity contribution < 1.29 is 19.8 Å². The van der Waals surface area contributed by atoms with E-state index in [1.165, 1.54) is 102 Å². The van der Waals surface area contributed by atoms with Crippen molar-refractivity contribution in [2.24, 2.45) is 0 Å². The van der Waals surface area contributed by atoms with Crippen molar-refractivity contribution in [3.05, 3.63) is 49.2 Å². The summed E-state index contributed by atoms with van der Waals surface area (Å²) in [5, 5.41) is 20.4. The van der Waals surface area contributed by atoms with E-state index in [1.807, 2.05) is 6.92 Å². The maximum Gasteiger partial charge on any atom is 2.00 e. The fraction of sp³-hybridized carbons (Fsp3) is 0.697. The molecular weight excluding hydrogens is 579 g/mol. The molecule has 1 aromatic carbocycles. The van der Waals surface area contributed by atoms with Gasteiger partial charge in [0, 0.05) is 5.97 Å². The number of benzene rings is 1. The Hall–Kier alpha value is -1.04. The molecule has 5 heteroatoms. The zero-order valence-electron chi connectivity index (χ0n) is 25.3. The Kier molecular flexibility index (Phi) is 44.1. The standard InChI is InChI=1S/C17H34O2.C8H8O2.2C4H9.Sn/c1-2-3-4-5-6-7-8-9-10-11-12-13-14-15-16-17(18)19;1-6-2-4-7(5-3-6)8(9)10;2*1-3-4-2;/h2-16H2,1H3,(H,18,19);2-5H,1H3,(H,9,10);2*1,3-4H2,2H3;/q;;;;+2/p-2. The molecule has 0 aromatic heterocycles. The van der Waals surface area contributed by atoms with Gasteiger partial charge < -0.3 is 19.8 Å². The number of rotatable bonds is 18. The molecule has 0 fully saturated rings. The van der Waals surface area contributed by atoms with Crippen molar-refractivity contribution in [1.29, 1.82) is 0 Å².